The Morgan fingerprint density at radius 2 is 1.79 bits per heavy atom. The fourth-order valence-corrected chi connectivity index (χ4v) is 3.51. The predicted molar refractivity (Wildman–Crippen MR) is 125 cm³/mol. The number of nitrogens with zero attached hydrogens (tertiary/aromatic N) is 2. The number of nitrogens with two attached hydrogens (primary N) is 1. The standard InChI is InChI=1S/C24H27N5O4/c1-14-21(22(31)29-20(12-25)23(32)33-3)15(2)28-24(27-14)26-13-17-7-4-5-10-19(17)16-8-6-9-18(30)11-16/h4-11,20,30H,12-13,25H2,1-3H3,(H,29,31)(H,26,27,28). The highest BCUT2D eigenvalue weighted by molar-refractivity contribution is 5.98. The lowest BCUT2D eigenvalue weighted by molar-refractivity contribution is -0.142. The van der Waals surface area contributed by atoms with Crippen molar-refractivity contribution < 1.29 is 19.4 Å². The minimum Gasteiger partial charge on any atom is -0.508 e. The normalized spacial score (nSPS) is 11.5. The zero-order valence-electron chi connectivity index (χ0n) is 18.8. The van der Waals surface area contributed by atoms with Gasteiger partial charge in [-0.05, 0) is 42.7 Å². The fraction of sp³-hybridized carbons (Fsp3) is 0.250. The van der Waals surface area contributed by atoms with Gasteiger partial charge >= 0.3 is 5.97 Å². The van der Waals surface area contributed by atoms with E-state index in [0.29, 0.717) is 23.9 Å². The van der Waals surface area contributed by atoms with Crippen LogP contribution in [0.5, 0.6) is 5.75 Å². The second kappa shape index (κ2) is 10.6. The third kappa shape index (κ3) is 5.64. The fourth-order valence-electron chi connectivity index (χ4n) is 3.51. The van der Waals surface area contributed by atoms with Crippen LogP contribution in [0, 0.1) is 13.8 Å². The average Bonchev–Trinajstić information content (AvgIpc) is 2.80. The van der Waals surface area contributed by atoms with Gasteiger partial charge in [-0.15, -0.1) is 0 Å². The summed E-state index contributed by atoms with van der Waals surface area (Å²) >= 11 is 0. The van der Waals surface area contributed by atoms with Gasteiger partial charge in [0.1, 0.15) is 11.8 Å². The summed E-state index contributed by atoms with van der Waals surface area (Å²) < 4.78 is 4.65. The molecule has 9 nitrogen and oxygen atoms in total. The highest BCUT2D eigenvalue weighted by Crippen LogP contribution is 2.27. The smallest absolute Gasteiger partial charge is 0.329 e. The largest absolute Gasteiger partial charge is 0.508 e. The highest BCUT2D eigenvalue weighted by atomic mass is 16.5. The van der Waals surface area contributed by atoms with Gasteiger partial charge in [-0.3, -0.25) is 4.79 Å². The van der Waals surface area contributed by atoms with Crippen molar-refractivity contribution in [2.45, 2.75) is 26.4 Å². The second-order valence-corrected chi connectivity index (χ2v) is 7.44. The molecule has 0 saturated heterocycles. The van der Waals surface area contributed by atoms with Crippen LogP contribution < -0.4 is 16.4 Å². The number of ether oxygens (including phenoxy) is 1. The lowest BCUT2D eigenvalue weighted by Crippen LogP contribution is -2.46. The molecule has 1 amide bonds. The third-order valence-electron chi connectivity index (χ3n) is 5.14. The van der Waals surface area contributed by atoms with Gasteiger partial charge in [-0.1, -0.05) is 36.4 Å². The van der Waals surface area contributed by atoms with Crippen LogP contribution in [0.1, 0.15) is 27.3 Å². The van der Waals surface area contributed by atoms with E-state index in [9.17, 15) is 14.7 Å². The molecule has 33 heavy (non-hydrogen) atoms. The molecular formula is C24H27N5O4. The van der Waals surface area contributed by atoms with E-state index < -0.39 is 17.9 Å². The SMILES string of the molecule is COC(=O)C(CN)NC(=O)c1c(C)nc(NCc2ccccc2-c2cccc(O)c2)nc1C. The van der Waals surface area contributed by atoms with E-state index >= 15 is 0 Å². The molecule has 1 atom stereocenters. The Kier molecular flexibility index (Phi) is 7.57. The number of benzene rings is 2. The first kappa shape index (κ1) is 23.7. The summed E-state index contributed by atoms with van der Waals surface area (Å²) in [5, 5.41) is 15.6. The molecule has 1 unspecified atom stereocenters. The first-order chi connectivity index (χ1) is 15.8. The number of nitrogens with one attached hydrogen (secondary N) is 2. The van der Waals surface area contributed by atoms with Crippen molar-refractivity contribution in [3.63, 3.8) is 0 Å². The van der Waals surface area contributed by atoms with Gasteiger partial charge in [0.2, 0.25) is 5.95 Å². The van der Waals surface area contributed by atoms with Crippen LogP contribution in [0.25, 0.3) is 11.1 Å². The predicted octanol–water partition coefficient (Wildman–Crippen LogP) is 2.31. The zero-order chi connectivity index (χ0) is 24.0. The molecule has 1 heterocycles. The van der Waals surface area contributed by atoms with Gasteiger partial charge in [-0.2, -0.15) is 0 Å². The quantitative estimate of drug-likeness (QED) is 0.384. The number of phenolic OH excluding ortho intramolecular Hbond substituents is 1. The maximum atomic E-state index is 12.7. The molecule has 0 spiro atoms. The Labute approximate surface area is 192 Å². The zero-order valence-corrected chi connectivity index (χ0v) is 18.8. The molecule has 0 aliphatic carbocycles. The number of esters is 1. The van der Waals surface area contributed by atoms with Crippen LogP contribution in [0.2, 0.25) is 0 Å². The first-order valence-corrected chi connectivity index (χ1v) is 10.4. The van der Waals surface area contributed by atoms with E-state index in [-0.39, 0.29) is 17.9 Å². The molecule has 0 fully saturated rings. The molecular weight excluding hydrogens is 422 g/mol. The number of rotatable bonds is 8. The van der Waals surface area contributed by atoms with E-state index in [1.165, 1.54) is 7.11 Å². The number of anilines is 1. The topological polar surface area (TPSA) is 139 Å². The Hall–Kier alpha value is -3.98. The number of methoxy groups -OCH3 is 1. The number of hydrogen-bond donors (Lipinski definition) is 4. The monoisotopic (exact) mass is 449 g/mol. The molecule has 0 bridgehead atoms. The number of carbonyl (C=O) groups excluding carboxylic acids is 2. The number of phenols is 1. The third-order valence-corrected chi connectivity index (χ3v) is 5.14. The van der Waals surface area contributed by atoms with Crippen LogP contribution in [-0.2, 0) is 16.1 Å². The number of aryl methyl sites for hydroxylation is 2. The van der Waals surface area contributed by atoms with Crippen LogP contribution in [0.4, 0.5) is 5.95 Å². The molecule has 0 aliphatic rings. The Morgan fingerprint density at radius 1 is 1.09 bits per heavy atom. The first-order valence-electron chi connectivity index (χ1n) is 10.4. The van der Waals surface area contributed by atoms with Crippen molar-refractivity contribution in [1.82, 2.24) is 15.3 Å². The molecule has 1 aromatic heterocycles. The highest BCUT2D eigenvalue weighted by Gasteiger charge is 2.23. The van der Waals surface area contributed by atoms with Gasteiger partial charge in [0.25, 0.3) is 5.91 Å². The molecule has 9 heteroatoms. The summed E-state index contributed by atoms with van der Waals surface area (Å²) in [6.45, 7) is 3.75. The van der Waals surface area contributed by atoms with Crippen molar-refractivity contribution in [2.24, 2.45) is 5.73 Å². The van der Waals surface area contributed by atoms with Crippen LogP contribution in [0.3, 0.4) is 0 Å². The van der Waals surface area contributed by atoms with Crippen molar-refractivity contribution in [2.75, 3.05) is 19.0 Å². The summed E-state index contributed by atoms with van der Waals surface area (Å²) in [5.74, 6) is -0.546. The number of carbonyl (C=O) groups is 2. The van der Waals surface area contributed by atoms with Crippen molar-refractivity contribution >= 4 is 17.8 Å². The second-order valence-electron chi connectivity index (χ2n) is 7.44. The molecule has 2 aromatic carbocycles. The number of aromatic nitrogens is 2. The maximum Gasteiger partial charge on any atom is 0.329 e. The summed E-state index contributed by atoms with van der Waals surface area (Å²) in [5.41, 5.74) is 9.63. The minimum atomic E-state index is -0.951. The van der Waals surface area contributed by atoms with E-state index in [1.807, 2.05) is 30.3 Å². The van der Waals surface area contributed by atoms with Crippen LogP contribution >= 0.6 is 0 Å². The Bertz CT molecular complexity index is 1140. The molecule has 0 radical (unpaired) electrons. The molecule has 0 aliphatic heterocycles. The van der Waals surface area contributed by atoms with Crippen molar-refractivity contribution in [1.29, 1.82) is 0 Å². The van der Waals surface area contributed by atoms with E-state index in [1.54, 1.807) is 32.0 Å². The molecule has 0 saturated carbocycles. The maximum absolute atomic E-state index is 12.7. The molecule has 172 valence electrons. The van der Waals surface area contributed by atoms with Gasteiger partial charge < -0.3 is 26.2 Å². The summed E-state index contributed by atoms with van der Waals surface area (Å²) in [6, 6.07) is 13.9. The molecule has 3 aromatic rings. The molecule has 5 N–H and O–H groups in total. The molecule has 3 rings (SSSR count). The van der Waals surface area contributed by atoms with Gasteiger partial charge in [-0.25, -0.2) is 14.8 Å². The Balaban J connectivity index is 1.78. The van der Waals surface area contributed by atoms with Gasteiger partial charge in [0.05, 0.1) is 24.1 Å². The Morgan fingerprint density at radius 3 is 2.42 bits per heavy atom. The minimum absolute atomic E-state index is 0.0877. The number of aromatic hydroxyl groups is 1. The average molecular weight is 450 g/mol. The van der Waals surface area contributed by atoms with E-state index in [4.69, 9.17) is 5.73 Å². The number of amides is 1. The van der Waals surface area contributed by atoms with Crippen LogP contribution in [0.15, 0.2) is 48.5 Å². The van der Waals surface area contributed by atoms with Gasteiger partial charge in [0.15, 0.2) is 0 Å². The van der Waals surface area contributed by atoms with Crippen molar-refractivity contribution in [3.8, 4) is 16.9 Å². The van der Waals surface area contributed by atoms with E-state index in [2.05, 4.69) is 25.3 Å². The summed E-state index contributed by atoms with van der Waals surface area (Å²) in [7, 11) is 1.23. The summed E-state index contributed by atoms with van der Waals surface area (Å²) in [6.07, 6.45) is 0. The lowest BCUT2D eigenvalue weighted by atomic mass is 9.99. The lowest BCUT2D eigenvalue weighted by Gasteiger charge is -2.17. The van der Waals surface area contributed by atoms with E-state index in [0.717, 1.165) is 16.7 Å². The van der Waals surface area contributed by atoms with Crippen LogP contribution in [-0.4, -0.2) is 46.6 Å². The van der Waals surface area contributed by atoms with Crippen molar-refractivity contribution in [3.05, 3.63) is 71.0 Å². The van der Waals surface area contributed by atoms with Gasteiger partial charge in [0, 0.05) is 13.1 Å². The number of hydrogen-bond acceptors (Lipinski definition) is 8. The summed E-state index contributed by atoms with van der Waals surface area (Å²) in [4.78, 5) is 33.3.